The van der Waals surface area contributed by atoms with Crippen LogP contribution in [0.5, 0.6) is 11.5 Å². The van der Waals surface area contributed by atoms with Gasteiger partial charge in [-0.1, -0.05) is 0 Å². The molecule has 10 heteroatoms. The largest absolute Gasteiger partial charge is 0.493 e. The van der Waals surface area contributed by atoms with Crippen LogP contribution >= 0.6 is 12.4 Å². The minimum absolute atomic E-state index is 0. The molecule has 3 N–H and O–H groups in total. The lowest BCUT2D eigenvalue weighted by Gasteiger charge is -2.15. The van der Waals surface area contributed by atoms with E-state index in [0.29, 0.717) is 0 Å². The number of benzene rings is 1. The Labute approximate surface area is 137 Å². The fourth-order valence-electron chi connectivity index (χ4n) is 1.52. The van der Waals surface area contributed by atoms with Crippen LogP contribution in [0.2, 0.25) is 0 Å². The Morgan fingerprint density at radius 1 is 1.30 bits per heavy atom. The van der Waals surface area contributed by atoms with E-state index in [0.717, 1.165) is 0 Å². The van der Waals surface area contributed by atoms with Crippen molar-refractivity contribution in [1.82, 2.24) is 0 Å². The SMILES string of the molecule is COCC(N)C(=O)Nc1ccc(OC)c(OCC(F)(F)F)c1.Cl. The molecule has 1 aromatic carbocycles. The Morgan fingerprint density at radius 2 is 1.96 bits per heavy atom. The molecule has 0 bridgehead atoms. The predicted octanol–water partition coefficient (Wildman–Crippen LogP) is 1.97. The van der Waals surface area contributed by atoms with Crippen LogP contribution in [0.1, 0.15) is 0 Å². The number of hydrogen-bond donors (Lipinski definition) is 2. The molecule has 0 aliphatic heterocycles. The predicted molar refractivity (Wildman–Crippen MR) is 80.3 cm³/mol. The molecule has 1 unspecified atom stereocenters. The van der Waals surface area contributed by atoms with E-state index in [-0.39, 0.29) is 36.2 Å². The molecule has 0 heterocycles. The minimum atomic E-state index is -4.48. The first-order valence-corrected chi connectivity index (χ1v) is 6.20. The highest BCUT2D eigenvalue weighted by Crippen LogP contribution is 2.31. The minimum Gasteiger partial charge on any atom is -0.493 e. The Balaban J connectivity index is 0.00000484. The summed E-state index contributed by atoms with van der Waals surface area (Å²) in [5, 5.41) is 2.45. The van der Waals surface area contributed by atoms with Crippen molar-refractivity contribution in [3.05, 3.63) is 18.2 Å². The number of hydrogen-bond acceptors (Lipinski definition) is 5. The van der Waals surface area contributed by atoms with Crippen LogP contribution < -0.4 is 20.5 Å². The van der Waals surface area contributed by atoms with E-state index in [2.05, 4.69) is 10.1 Å². The number of nitrogens with two attached hydrogens (primary N) is 1. The van der Waals surface area contributed by atoms with Gasteiger partial charge in [0.1, 0.15) is 6.04 Å². The topological polar surface area (TPSA) is 82.8 Å². The van der Waals surface area contributed by atoms with Crippen LogP contribution in [-0.2, 0) is 9.53 Å². The third-order valence-electron chi connectivity index (χ3n) is 2.51. The molecule has 1 amide bonds. The van der Waals surface area contributed by atoms with Gasteiger partial charge in [-0.25, -0.2) is 0 Å². The van der Waals surface area contributed by atoms with Crippen molar-refractivity contribution in [1.29, 1.82) is 0 Å². The first-order chi connectivity index (χ1) is 10.3. The van der Waals surface area contributed by atoms with E-state index in [1.807, 2.05) is 0 Å². The van der Waals surface area contributed by atoms with Crippen LogP contribution in [-0.4, -0.2) is 45.6 Å². The van der Waals surface area contributed by atoms with Crippen LogP contribution in [0.4, 0.5) is 18.9 Å². The lowest BCUT2D eigenvalue weighted by molar-refractivity contribution is -0.153. The van der Waals surface area contributed by atoms with Crippen LogP contribution in [0.25, 0.3) is 0 Å². The number of alkyl halides is 3. The highest BCUT2D eigenvalue weighted by Gasteiger charge is 2.29. The number of carbonyl (C=O) groups excluding carboxylic acids is 1. The van der Waals surface area contributed by atoms with E-state index < -0.39 is 24.7 Å². The molecule has 0 aromatic heterocycles. The van der Waals surface area contributed by atoms with E-state index in [9.17, 15) is 18.0 Å². The average Bonchev–Trinajstić information content (AvgIpc) is 2.44. The van der Waals surface area contributed by atoms with Crippen LogP contribution in [0.3, 0.4) is 0 Å². The first-order valence-electron chi connectivity index (χ1n) is 6.20. The maximum Gasteiger partial charge on any atom is 0.422 e. The molecule has 23 heavy (non-hydrogen) atoms. The zero-order chi connectivity index (χ0) is 16.8. The zero-order valence-corrected chi connectivity index (χ0v) is 13.3. The molecule has 0 spiro atoms. The number of anilines is 1. The van der Waals surface area contributed by atoms with Gasteiger partial charge < -0.3 is 25.3 Å². The van der Waals surface area contributed by atoms with Crippen LogP contribution in [0, 0.1) is 0 Å². The molecule has 1 aromatic rings. The fraction of sp³-hybridized carbons (Fsp3) is 0.462. The number of methoxy groups -OCH3 is 2. The van der Waals surface area contributed by atoms with E-state index in [1.165, 1.54) is 32.4 Å². The molecule has 0 aliphatic rings. The molecule has 0 saturated carbocycles. The quantitative estimate of drug-likeness (QED) is 0.778. The molecule has 132 valence electrons. The molecule has 6 nitrogen and oxygen atoms in total. The third-order valence-corrected chi connectivity index (χ3v) is 2.51. The molecule has 0 radical (unpaired) electrons. The summed E-state index contributed by atoms with van der Waals surface area (Å²) in [6.07, 6.45) is -4.48. The Bertz CT molecular complexity index is 514. The molecular formula is C13H18ClF3N2O4. The third kappa shape index (κ3) is 7.40. The van der Waals surface area contributed by atoms with Gasteiger partial charge in [0.2, 0.25) is 5.91 Å². The van der Waals surface area contributed by atoms with Gasteiger partial charge in [-0.15, -0.1) is 12.4 Å². The summed E-state index contributed by atoms with van der Waals surface area (Å²) in [6, 6.07) is 3.16. The van der Waals surface area contributed by atoms with E-state index in [1.54, 1.807) is 0 Å². The maximum atomic E-state index is 12.2. The Morgan fingerprint density at radius 3 is 2.48 bits per heavy atom. The second kappa shape index (κ2) is 9.43. The van der Waals surface area contributed by atoms with Crippen molar-refractivity contribution < 1.29 is 32.2 Å². The average molecular weight is 359 g/mol. The summed E-state index contributed by atoms with van der Waals surface area (Å²) in [6.45, 7) is -1.45. The summed E-state index contributed by atoms with van der Waals surface area (Å²) >= 11 is 0. The molecular weight excluding hydrogens is 341 g/mol. The maximum absolute atomic E-state index is 12.2. The summed E-state index contributed by atoms with van der Waals surface area (Å²) in [7, 11) is 2.69. The Kier molecular flexibility index (Phi) is 8.73. The van der Waals surface area contributed by atoms with Gasteiger partial charge in [0.25, 0.3) is 0 Å². The van der Waals surface area contributed by atoms with Gasteiger partial charge in [-0.2, -0.15) is 13.2 Å². The summed E-state index contributed by atoms with van der Waals surface area (Å²) in [5.41, 5.74) is 5.77. The number of carbonyl (C=O) groups is 1. The van der Waals surface area contributed by atoms with Crippen molar-refractivity contribution in [2.75, 3.05) is 32.8 Å². The summed E-state index contributed by atoms with van der Waals surface area (Å²) < 4.78 is 51.0. The lowest BCUT2D eigenvalue weighted by atomic mass is 10.2. The normalized spacial score (nSPS) is 12.1. The van der Waals surface area contributed by atoms with Crippen molar-refractivity contribution in [2.45, 2.75) is 12.2 Å². The molecule has 0 fully saturated rings. The Hall–Kier alpha value is -1.71. The zero-order valence-electron chi connectivity index (χ0n) is 12.5. The molecule has 1 rings (SSSR count). The van der Waals surface area contributed by atoms with E-state index in [4.69, 9.17) is 15.2 Å². The van der Waals surface area contributed by atoms with Crippen molar-refractivity contribution in [3.63, 3.8) is 0 Å². The van der Waals surface area contributed by atoms with Gasteiger partial charge in [-0.05, 0) is 12.1 Å². The van der Waals surface area contributed by atoms with Crippen molar-refractivity contribution >= 4 is 24.0 Å². The smallest absolute Gasteiger partial charge is 0.422 e. The van der Waals surface area contributed by atoms with Gasteiger partial charge in [-0.3, -0.25) is 4.79 Å². The second-order valence-electron chi connectivity index (χ2n) is 4.32. The number of halogens is 4. The summed E-state index contributed by atoms with van der Waals surface area (Å²) in [4.78, 5) is 11.7. The van der Waals surface area contributed by atoms with Crippen LogP contribution in [0.15, 0.2) is 18.2 Å². The van der Waals surface area contributed by atoms with Gasteiger partial charge in [0, 0.05) is 18.9 Å². The van der Waals surface area contributed by atoms with Gasteiger partial charge >= 0.3 is 6.18 Å². The van der Waals surface area contributed by atoms with Crippen molar-refractivity contribution in [3.8, 4) is 11.5 Å². The molecule has 0 aliphatic carbocycles. The number of nitrogens with one attached hydrogen (secondary N) is 1. The van der Waals surface area contributed by atoms with Gasteiger partial charge in [0.15, 0.2) is 18.1 Å². The number of rotatable bonds is 7. The molecule has 1 atom stereocenters. The number of amides is 1. The van der Waals surface area contributed by atoms with Crippen molar-refractivity contribution in [2.24, 2.45) is 5.73 Å². The standard InChI is InChI=1S/C13H17F3N2O4.ClH/c1-20-6-9(17)12(19)18-8-3-4-10(21-2)11(5-8)22-7-13(14,15)16;/h3-5,9H,6-7,17H2,1-2H3,(H,18,19);1H. The molecule has 0 saturated heterocycles. The lowest BCUT2D eigenvalue weighted by Crippen LogP contribution is -2.39. The summed E-state index contributed by atoms with van der Waals surface area (Å²) in [5.74, 6) is -0.560. The highest BCUT2D eigenvalue weighted by molar-refractivity contribution is 5.95. The van der Waals surface area contributed by atoms with Gasteiger partial charge in [0.05, 0.1) is 13.7 Å². The fourth-order valence-corrected chi connectivity index (χ4v) is 1.52. The number of ether oxygens (including phenoxy) is 3. The second-order valence-corrected chi connectivity index (χ2v) is 4.32. The highest BCUT2D eigenvalue weighted by atomic mass is 35.5. The first kappa shape index (κ1) is 21.3. The van der Waals surface area contributed by atoms with E-state index >= 15 is 0 Å². The monoisotopic (exact) mass is 358 g/mol.